The van der Waals surface area contributed by atoms with Crippen molar-refractivity contribution in [2.45, 2.75) is 76.3 Å². The van der Waals surface area contributed by atoms with Crippen molar-refractivity contribution in [3.05, 3.63) is 125 Å². The zero-order valence-corrected chi connectivity index (χ0v) is 36.6. The second-order valence-corrected chi connectivity index (χ2v) is 16.6. The normalized spacial score (nSPS) is 19.8. The van der Waals surface area contributed by atoms with E-state index >= 15 is 0 Å². The molecule has 0 bridgehead atoms. The van der Waals surface area contributed by atoms with Crippen molar-refractivity contribution in [3.63, 3.8) is 0 Å². The summed E-state index contributed by atoms with van der Waals surface area (Å²) in [6.07, 6.45) is 0.728. The van der Waals surface area contributed by atoms with E-state index in [1.807, 2.05) is 83.2 Å². The summed E-state index contributed by atoms with van der Waals surface area (Å²) in [7, 11) is 3.48. The van der Waals surface area contributed by atoms with Crippen LogP contribution in [0.15, 0.2) is 103 Å². The summed E-state index contributed by atoms with van der Waals surface area (Å²) in [5, 5.41) is 10.8. The predicted octanol–water partition coefficient (Wildman–Crippen LogP) is 6.56. The maximum Gasteiger partial charge on any atom is 0.259 e. The van der Waals surface area contributed by atoms with Gasteiger partial charge in [-0.1, -0.05) is 60.7 Å². The van der Waals surface area contributed by atoms with Crippen LogP contribution in [0.2, 0.25) is 0 Å². The highest BCUT2D eigenvalue weighted by Gasteiger charge is 2.51. The molecule has 15 heteroatoms. The van der Waals surface area contributed by atoms with Gasteiger partial charge in [-0.2, -0.15) is 5.26 Å². The zero-order valence-electron chi connectivity index (χ0n) is 34.8. The molecule has 2 aliphatic heterocycles. The van der Waals surface area contributed by atoms with Crippen molar-refractivity contribution in [1.29, 1.82) is 5.26 Å². The van der Waals surface area contributed by atoms with Crippen molar-refractivity contribution in [1.82, 2.24) is 19.1 Å². The molecule has 0 saturated carbocycles. The Kier molecular flexibility index (Phi) is 15.2. The first-order valence-electron chi connectivity index (χ1n) is 19.7. The third kappa shape index (κ3) is 9.54. The first-order valence-corrected chi connectivity index (χ1v) is 21.3. The number of hydrogen-bond donors (Lipinski definition) is 1. The van der Waals surface area contributed by atoms with Gasteiger partial charge in [0.15, 0.2) is 11.7 Å². The number of nitrogens with zero attached hydrogens (tertiary/aromatic N) is 6. The molecule has 1 unspecified atom stereocenters. The molecule has 3 heterocycles. The Morgan fingerprint density at radius 1 is 0.966 bits per heavy atom. The van der Waals surface area contributed by atoms with Gasteiger partial charge in [0.1, 0.15) is 47.4 Å². The maximum absolute atomic E-state index is 9.48. The van der Waals surface area contributed by atoms with Gasteiger partial charge in [0, 0.05) is 19.1 Å². The van der Waals surface area contributed by atoms with Gasteiger partial charge >= 0.3 is 0 Å². The zero-order chi connectivity index (χ0) is 42.1. The van der Waals surface area contributed by atoms with Crippen molar-refractivity contribution >= 4 is 26.2 Å². The van der Waals surface area contributed by atoms with Crippen LogP contribution in [0.25, 0.3) is 5.03 Å². The van der Waals surface area contributed by atoms with Gasteiger partial charge in [-0.3, -0.25) is 4.57 Å². The molecule has 314 valence electrons. The van der Waals surface area contributed by atoms with Gasteiger partial charge in [0.05, 0.1) is 57.9 Å². The van der Waals surface area contributed by atoms with Crippen LogP contribution in [0.4, 0.5) is 0 Å². The average Bonchev–Trinajstić information content (AvgIpc) is 3.83. The van der Waals surface area contributed by atoms with E-state index in [2.05, 4.69) is 57.1 Å². The molecular weight excluding hydrogens is 788 g/mol. The molecule has 1 fully saturated rings. The van der Waals surface area contributed by atoms with E-state index in [-0.39, 0.29) is 38.3 Å². The molecule has 6 rings (SSSR count). The molecular formula is C44H55N6O7PS. The lowest BCUT2D eigenvalue weighted by Crippen LogP contribution is -2.44. The van der Waals surface area contributed by atoms with Crippen LogP contribution in [0, 0.1) is 11.3 Å². The van der Waals surface area contributed by atoms with Crippen LogP contribution < -0.4 is 20.3 Å². The molecule has 0 amide bonds. The van der Waals surface area contributed by atoms with Crippen molar-refractivity contribution in [2.24, 2.45) is 4.99 Å². The van der Waals surface area contributed by atoms with Crippen LogP contribution in [0.3, 0.4) is 0 Å². The Bertz CT molecular complexity index is 2090. The lowest BCUT2D eigenvalue weighted by molar-refractivity contribution is -0.0964. The van der Waals surface area contributed by atoms with Crippen molar-refractivity contribution < 1.29 is 32.7 Å². The predicted molar refractivity (Wildman–Crippen MR) is 230 cm³/mol. The highest BCUT2D eigenvalue weighted by Crippen LogP contribution is 2.51. The van der Waals surface area contributed by atoms with Crippen LogP contribution in [-0.4, -0.2) is 97.3 Å². The van der Waals surface area contributed by atoms with Crippen molar-refractivity contribution in [2.75, 3.05) is 47.8 Å². The SMILES string of the molecule is C=CCO[C@@H]1[C@H](OP(OCCC#N)N(C(C)C)C(C)C)[C@@H](COC(c2ccccc2)(c2ccc(OC)cc2)c2ccc(OC)cc2)O[C@H]1n1cnc2c1=NCN(C)C=2S. The van der Waals surface area contributed by atoms with E-state index in [1.54, 1.807) is 26.6 Å². The maximum atomic E-state index is 9.48. The Hall–Kier alpha value is -4.29. The van der Waals surface area contributed by atoms with Gasteiger partial charge in [-0.25, -0.2) is 14.6 Å². The van der Waals surface area contributed by atoms with Gasteiger partial charge < -0.3 is 37.6 Å². The molecule has 0 N–H and O–H groups in total. The molecule has 3 aromatic carbocycles. The standard InChI is InChI=1S/C44H55N6O7PS/c1-9-25-53-40-39(57-58(55-26-13-24-45)50(30(2)3)31(4)5)37(56-42(40)49-29-46-38-41(49)47-28-48(6)43(38)59)27-54-44(32-14-11-10-12-15-32,33-16-20-35(51-7)21-17-33)34-18-22-36(52-8)23-19-34/h9-12,14-23,29-31,37,39-40,42,59H,1,13,25-28H2,2-8H3/t37-,39-,40-,42-,58?/m1/s1. The van der Waals surface area contributed by atoms with Gasteiger partial charge in [0.2, 0.25) is 0 Å². The van der Waals surface area contributed by atoms with Gasteiger partial charge in [-0.15, -0.1) is 19.2 Å². The lowest BCUT2D eigenvalue weighted by Gasteiger charge is -2.39. The number of nitriles is 1. The van der Waals surface area contributed by atoms with Crippen LogP contribution in [0.5, 0.6) is 11.5 Å². The molecule has 0 radical (unpaired) electrons. The summed E-state index contributed by atoms with van der Waals surface area (Å²) in [6, 6.07) is 28.2. The number of rotatable bonds is 20. The first kappa shape index (κ1) is 44.3. The second kappa shape index (κ2) is 20.3. The molecule has 5 atom stereocenters. The summed E-state index contributed by atoms with van der Waals surface area (Å²) in [4.78, 5) is 11.5. The fourth-order valence-corrected chi connectivity index (χ4v) is 9.50. The monoisotopic (exact) mass is 842 g/mol. The minimum Gasteiger partial charge on any atom is -0.497 e. The number of thiol groups is 1. The Morgan fingerprint density at radius 3 is 2.14 bits per heavy atom. The summed E-state index contributed by atoms with van der Waals surface area (Å²) in [6.45, 7) is 13.2. The highest BCUT2D eigenvalue weighted by atomic mass is 32.1. The quantitative estimate of drug-likeness (QED) is 0.0342. The molecule has 2 aliphatic rings. The van der Waals surface area contributed by atoms with Gasteiger partial charge in [0.25, 0.3) is 8.53 Å². The number of ether oxygens (including phenoxy) is 5. The fourth-order valence-electron chi connectivity index (χ4n) is 7.51. The van der Waals surface area contributed by atoms with E-state index in [1.165, 1.54) is 0 Å². The molecule has 0 spiro atoms. The highest BCUT2D eigenvalue weighted by molar-refractivity contribution is 7.89. The molecule has 1 aromatic heterocycles. The molecule has 13 nitrogen and oxygen atoms in total. The van der Waals surface area contributed by atoms with Crippen LogP contribution >= 0.6 is 21.2 Å². The second-order valence-electron chi connectivity index (χ2n) is 14.7. The molecule has 59 heavy (non-hydrogen) atoms. The Labute approximate surface area is 354 Å². The van der Waals surface area contributed by atoms with E-state index in [0.29, 0.717) is 22.5 Å². The minimum atomic E-state index is -1.73. The molecule has 4 aromatic rings. The summed E-state index contributed by atoms with van der Waals surface area (Å²) < 4.78 is 50.1. The average molecular weight is 843 g/mol. The molecule has 0 aliphatic carbocycles. The van der Waals surface area contributed by atoms with Crippen LogP contribution in [-0.2, 0) is 28.9 Å². The number of methoxy groups -OCH3 is 2. The summed E-state index contributed by atoms with van der Waals surface area (Å²) in [5.74, 6) is 1.43. The number of hydrogen-bond acceptors (Lipinski definition) is 13. The third-order valence-corrected chi connectivity index (χ3v) is 12.9. The number of benzene rings is 3. The number of fused-ring (bicyclic) bond motifs is 1. The number of aromatic nitrogens is 2. The lowest BCUT2D eigenvalue weighted by atomic mass is 9.80. The topological polar surface area (TPSA) is 125 Å². The van der Waals surface area contributed by atoms with E-state index in [9.17, 15) is 5.26 Å². The van der Waals surface area contributed by atoms with E-state index in [0.717, 1.165) is 28.2 Å². The Morgan fingerprint density at radius 2 is 1.58 bits per heavy atom. The van der Waals surface area contributed by atoms with Crippen molar-refractivity contribution in [3.8, 4) is 17.6 Å². The minimum absolute atomic E-state index is 0.0491. The number of imidazole rings is 1. The van der Waals surface area contributed by atoms with E-state index in [4.69, 9.17) is 55.3 Å². The van der Waals surface area contributed by atoms with Gasteiger partial charge in [-0.05, 0) is 68.7 Å². The molecule has 1 saturated heterocycles. The smallest absolute Gasteiger partial charge is 0.259 e. The largest absolute Gasteiger partial charge is 0.497 e. The fraction of sp³-hybridized carbons (Fsp3) is 0.432. The van der Waals surface area contributed by atoms with Crippen LogP contribution in [0.1, 0.15) is 57.0 Å². The first-order chi connectivity index (χ1) is 28.6. The summed E-state index contributed by atoms with van der Waals surface area (Å²) >= 11 is 4.76. The van der Waals surface area contributed by atoms with E-state index < -0.39 is 38.7 Å². The Balaban J connectivity index is 1.51. The summed E-state index contributed by atoms with van der Waals surface area (Å²) in [5.41, 5.74) is 2.13. The third-order valence-electron chi connectivity index (χ3n) is 10.3.